The van der Waals surface area contributed by atoms with Gasteiger partial charge in [-0.15, -0.1) is 0 Å². The van der Waals surface area contributed by atoms with Crippen molar-refractivity contribution in [1.29, 1.82) is 0 Å². The molecule has 1 unspecified atom stereocenters. The van der Waals surface area contributed by atoms with Gasteiger partial charge in [0, 0.05) is 57.8 Å². The fourth-order valence-corrected chi connectivity index (χ4v) is 5.03. The van der Waals surface area contributed by atoms with Crippen molar-refractivity contribution < 1.29 is 13.2 Å². The standard InChI is InChI=1S/C19H27N3O3S/c1-21-12-6-7-17(21)15-22-13-10-19(16-22,11-14-25-2)20-26(23,24)18-8-4-3-5-9-18/h3-9,12,20H,10-11,13-16H2,1-2H3. The number of methoxy groups -OCH3 is 1. The van der Waals surface area contributed by atoms with E-state index in [2.05, 4.69) is 20.3 Å². The second-order valence-corrected chi connectivity index (χ2v) is 8.70. The summed E-state index contributed by atoms with van der Waals surface area (Å²) in [6.07, 6.45) is 3.45. The molecule has 1 saturated heterocycles. The average molecular weight is 378 g/mol. The van der Waals surface area contributed by atoms with Crippen LogP contribution in [-0.2, 0) is 28.4 Å². The monoisotopic (exact) mass is 377 g/mol. The van der Waals surface area contributed by atoms with Crippen LogP contribution in [0.4, 0.5) is 0 Å². The molecule has 1 aromatic heterocycles. The van der Waals surface area contributed by atoms with Crippen molar-refractivity contribution in [2.75, 3.05) is 26.8 Å². The first-order valence-electron chi connectivity index (χ1n) is 8.85. The van der Waals surface area contributed by atoms with Crippen LogP contribution in [0.1, 0.15) is 18.5 Å². The highest BCUT2D eigenvalue weighted by Gasteiger charge is 2.41. The van der Waals surface area contributed by atoms with Crippen molar-refractivity contribution in [3.63, 3.8) is 0 Å². The first kappa shape index (κ1) is 19.1. The highest BCUT2D eigenvalue weighted by molar-refractivity contribution is 7.89. The molecule has 0 bridgehead atoms. The summed E-state index contributed by atoms with van der Waals surface area (Å²) < 4.78 is 36.1. The van der Waals surface area contributed by atoms with Crippen LogP contribution in [-0.4, -0.2) is 50.2 Å². The van der Waals surface area contributed by atoms with Gasteiger partial charge in [0.2, 0.25) is 10.0 Å². The molecular formula is C19H27N3O3S. The second-order valence-electron chi connectivity index (χ2n) is 7.01. The van der Waals surface area contributed by atoms with E-state index in [1.165, 1.54) is 5.69 Å². The van der Waals surface area contributed by atoms with E-state index in [0.29, 0.717) is 24.5 Å². The Hall–Kier alpha value is -1.67. The molecular weight excluding hydrogens is 350 g/mol. The molecule has 3 rings (SSSR count). The number of hydrogen-bond acceptors (Lipinski definition) is 4. The Morgan fingerprint density at radius 1 is 1.19 bits per heavy atom. The third kappa shape index (κ3) is 4.35. The van der Waals surface area contributed by atoms with Crippen molar-refractivity contribution in [3.8, 4) is 0 Å². The topological polar surface area (TPSA) is 63.6 Å². The molecule has 6 nitrogen and oxygen atoms in total. The molecule has 0 spiro atoms. The molecule has 0 aliphatic carbocycles. The summed E-state index contributed by atoms with van der Waals surface area (Å²) in [7, 11) is 0.115. The van der Waals surface area contributed by atoms with E-state index < -0.39 is 15.6 Å². The van der Waals surface area contributed by atoms with Gasteiger partial charge in [-0.3, -0.25) is 4.90 Å². The van der Waals surface area contributed by atoms with Crippen molar-refractivity contribution >= 4 is 10.0 Å². The fourth-order valence-electron chi connectivity index (χ4n) is 3.56. The van der Waals surface area contributed by atoms with Crippen molar-refractivity contribution in [2.24, 2.45) is 7.05 Å². The van der Waals surface area contributed by atoms with Gasteiger partial charge in [0.05, 0.1) is 4.90 Å². The SMILES string of the molecule is COCCC1(NS(=O)(=O)c2ccccc2)CCN(Cc2cccn2C)C1. The summed E-state index contributed by atoms with van der Waals surface area (Å²) >= 11 is 0. The molecule has 1 aliphatic heterocycles. The van der Waals surface area contributed by atoms with Crippen LogP contribution < -0.4 is 4.72 Å². The highest BCUT2D eigenvalue weighted by Crippen LogP contribution is 2.28. The summed E-state index contributed by atoms with van der Waals surface area (Å²) in [5.74, 6) is 0. The van der Waals surface area contributed by atoms with E-state index in [1.54, 1.807) is 31.4 Å². The van der Waals surface area contributed by atoms with E-state index in [-0.39, 0.29) is 0 Å². The molecule has 1 fully saturated rings. The van der Waals surface area contributed by atoms with E-state index in [4.69, 9.17) is 4.74 Å². The summed E-state index contributed by atoms with van der Waals surface area (Å²) in [6, 6.07) is 12.7. The van der Waals surface area contributed by atoms with E-state index >= 15 is 0 Å². The Labute approximate surface area is 155 Å². The van der Waals surface area contributed by atoms with Crippen LogP contribution in [0.5, 0.6) is 0 Å². The third-order valence-corrected chi connectivity index (χ3v) is 6.65. The molecule has 26 heavy (non-hydrogen) atoms. The van der Waals surface area contributed by atoms with Gasteiger partial charge >= 0.3 is 0 Å². The number of sulfonamides is 1. The first-order chi connectivity index (χ1) is 12.4. The minimum atomic E-state index is -3.56. The largest absolute Gasteiger partial charge is 0.385 e. The molecule has 2 heterocycles. The normalized spacial score (nSPS) is 21.3. The lowest BCUT2D eigenvalue weighted by Crippen LogP contribution is -2.51. The van der Waals surface area contributed by atoms with Gasteiger partial charge in [-0.1, -0.05) is 18.2 Å². The number of nitrogens with one attached hydrogen (secondary N) is 1. The molecule has 1 aliphatic rings. The number of ether oxygens (including phenoxy) is 1. The van der Waals surface area contributed by atoms with Crippen LogP contribution in [0.3, 0.4) is 0 Å². The Bertz CT molecular complexity index is 820. The maximum absolute atomic E-state index is 12.9. The van der Waals surface area contributed by atoms with E-state index in [0.717, 1.165) is 19.5 Å². The Kier molecular flexibility index (Phi) is 5.82. The molecule has 142 valence electrons. The maximum Gasteiger partial charge on any atom is 0.241 e. The van der Waals surface area contributed by atoms with Crippen LogP contribution in [0.15, 0.2) is 53.6 Å². The number of aryl methyl sites for hydroxylation is 1. The average Bonchev–Trinajstić information content (AvgIpc) is 3.21. The molecule has 0 radical (unpaired) electrons. The van der Waals surface area contributed by atoms with Gasteiger partial charge in [0.15, 0.2) is 0 Å². The van der Waals surface area contributed by atoms with Gasteiger partial charge in [0.1, 0.15) is 0 Å². The first-order valence-corrected chi connectivity index (χ1v) is 10.3. The lowest BCUT2D eigenvalue weighted by atomic mass is 9.96. The molecule has 0 saturated carbocycles. The zero-order chi connectivity index (χ0) is 18.6. The Balaban J connectivity index is 1.76. The summed E-state index contributed by atoms with van der Waals surface area (Å²) in [4.78, 5) is 2.61. The van der Waals surface area contributed by atoms with Crippen LogP contribution in [0.25, 0.3) is 0 Å². The van der Waals surface area contributed by atoms with Crippen molar-refractivity contribution in [1.82, 2.24) is 14.2 Å². The molecule has 1 atom stereocenters. The molecule has 1 N–H and O–H groups in total. The highest BCUT2D eigenvalue weighted by atomic mass is 32.2. The van der Waals surface area contributed by atoms with E-state index in [9.17, 15) is 8.42 Å². The number of rotatable bonds is 8. The fraction of sp³-hybridized carbons (Fsp3) is 0.474. The predicted octanol–water partition coefficient (Wildman–Crippen LogP) is 1.98. The maximum atomic E-state index is 12.9. The third-order valence-electron chi connectivity index (χ3n) is 5.06. The van der Waals surface area contributed by atoms with Crippen molar-refractivity contribution in [2.45, 2.75) is 29.8 Å². The smallest absolute Gasteiger partial charge is 0.241 e. The zero-order valence-corrected chi connectivity index (χ0v) is 16.2. The number of aromatic nitrogens is 1. The Morgan fingerprint density at radius 3 is 2.62 bits per heavy atom. The minimum Gasteiger partial charge on any atom is -0.385 e. The zero-order valence-electron chi connectivity index (χ0n) is 15.4. The number of hydrogen-bond donors (Lipinski definition) is 1. The van der Waals surface area contributed by atoms with Crippen LogP contribution in [0, 0.1) is 0 Å². The van der Waals surface area contributed by atoms with Gasteiger partial charge in [0.25, 0.3) is 0 Å². The Morgan fingerprint density at radius 2 is 1.96 bits per heavy atom. The second kappa shape index (κ2) is 7.92. The summed E-state index contributed by atoms with van der Waals surface area (Å²) in [5, 5.41) is 0. The van der Waals surface area contributed by atoms with Crippen molar-refractivity contribution in [3.05, 3.63) is 54.4 Å². The quantitative estimate of drug-likeness (QED) is 0.764. The number of nitrogens with zero attached hydrogens (tertiary/aromatic N) is 2. The lowest BCUT2D eigenvalue weighted by Gasteiger charge is -2.30. The summed E-state index contributed by atoms with van der Waals surface area (Å²) in [5.41, 5.74) is 0.717. The molecule has 1 aromatic carbocycles. The van der Waals surface area contributed by atoms with Gasteiger partial charge < -0.3 is 9.30 Å². The number of likely N-dealkylation sites (tertiary alicyclic amines) is 1. The molecule has 2 aromatic rings. The molecule has 7 heteroatoms. The van der Waals surface area contributed by atoms with E-state index in [1.807, 2.05) is 25.4 Å². The van der Waals surface area contributed by atoms with Crippen LogP contribution in [0.2, 0.25) is 0 Å². The van der Waals surface area contributed by atoms with Crippen LogP contribution >= 0.6 is 0 Å². The molecule has 0 amide bonds. The van der Waals surface area contributed by atoms with Gasteiger partial charge in [-0.05, 0) is 37.1 Å². The summed E-state index contributed by atoms with van der Waals surface area (Å²) in [6.45, 7) is 2.86. The lowest BCUT2D eigenvalue weighted by molar-refractivity contribution is 0.161. The minimum absolute atomic E-state index is 0.303. The van der Waals surface area contributed by atoms with Gasteiger partial charge in [-0.25, -0.2) is 13.1 Å². The van der Waals surface area contributed by atoms with Gasteiger partial charge in [-0.2, -0.15) is 0 Å². The number of benzene rings is 1. The predicted molar refractivity (Wildman–Crippen MR) is 101 cm³/mol.